The summed E-state index contributed by atoms with van der Waals surface area (Å²) in [6.45, 7) is 13.3. The maximum absolute atomic E-state index is 13.7. The second-order valence-corrected chi connectivity index (χ2v) is 13.9. The van der Waals surface area contributed by atoms with Crippen LogP contribution in [0, 0.1) is 11.8 Å². The maximum Gasteiger partial charge on any atom is 0.416 e. The summed E-state index contributed by atoms with van der Waals surface area (Å²) in [5, 5.41) is 5.37. The molecule has 47 heavy (non-hydrogen) atoms. The van der Waals surface area contributed by atoms with Crippen molar-refractivity contribution < 1.29 is 26.3 Å². The van der Waals surface area contributed by atoms with E-state index in [-0.39, 0.29) is 42.1 Å². The fraction of sp³-hybridized carbons (Fsp3) is 0.647. The summed E-state index contributed by atoms with van der Waals surface area (Å²) in [5.41, 5.74) is 6.29. The highest BCUT2D eigenvalue weighted by Gasteiger charge is 2.38. The fourth-order valence-corrected chi connectivity index (χ4v) is 5.85. The molecule has 0 aliphatic heterocycles. The molecule has 0 bridgehead atoms. The molecule has 1 aromatic heterocycles. The first-order valence-electron chi connectivity index (χ1n) is 16.6. The molecule has 0 amide bonds. The molecule has 1 aromatic carbocycles. The molecule has 3 aliphatic carbocycles. The molecule has 0 unspecified atom stereocenters. The minimum Gasteiger partial charge on any atom is -0.368 e. The molecule has 5 rings (SSSR count). The first-order chi connectivity index (χ1) is 21.9. The molecular formula is C34H49F6N7. The number of guanidine groups is 1. The van der Waals surface area contributed by atoms with Gasteiger partial charge in [-0.3, -0.25) is 0 Å². The van der Waals surface area contributed by atoms with Crippen LogP contribution in [0.15, 0.2) is 29.4 Å². The summed E-state index contributed by atoms with van der Waals surface area (Å²) in [4.78, 5) is 9.07. The van der Waals surface area contributed by atoms with E-state index in [1.165, 1.54) is 4.90 Å². The van der Waals surface area contributed by atoms with Crippen LogP contribution >= 0.6 is 0 Å². The Morgan fingerprint density at radius 3 is 1.91 bits per heavy atom. The Kier molecular flexibility index (Phi) is 11.0. The number of hydrogen-bond acceptors (Lipinski definition) is 5. The van der Waals surface area contributed by atoms with Crippen LogP contribution in [0.3, 0.4) is 0 Å². The average molecular weight is 670 g/mol. The number of fused-ring (bicyclic) bond motifs is 1. The highest BCUT2D eigenvalue weighted by Crippen LogP contribution is 2.42. The van der Waals surface area contributed by atoms with E-state index in [2.05, 4.69) is 29.9 Å². The van der Waals surface area contributed by atoms with Gasteiger partial charge in [0.1, 0.15) is 5.82 Å². The minimum atomic E-state index is -4.97. The quantitative estimate of drug-likeness (QED) is 0.0835. The van der Waals surface area contributed by atoms with E-state index < -0.39 is 23.5 Å². The summed E-state index contributed by atoms with van der Waals surface area (Å²) < 4.78 is 82.3. The summed E-state index contributed by atoms with van der Waals surface area (Å²) in [7, 11) is 0. The summed E-state index contributed by atoms with van der Waals surface area (Å²) >= 11 is 0. The number of nitrogens with two attached hydrogens (primary N) is 2. The van der Waals surface area contributed by atoms with Gasteiger partial charge in [-0.1, -0.05) is 27.7 Å². The Hall–Kier alpha value is -3.22. The van der Waals surface area contributed by atoms with E-state index in [4.69, 9.17) is 16.6 Å². The molecule has 2 saturated carbocycles. The molecule has 262 valence electrons. The first-order valence-corrected chi connectivity index (χ1v) is 16.6. The van der Waals surface area contributed by atoms with Gasteiger partial charge in [0.2, 0.25) is 5.96 Å². The number of halogens is 6. The lowest BCUT2D eigenvalue weighted by molar-refractivity contribution is -0.143. The average Bonchev–Trinajstić information content (AvgIpc) is 3.93. The van der Waals surface area contributed by atoms with Crippen LogP contribution in [0.2, 0.25) is 0 Å². The molecule has 0 radical (unpaired) electrons. The van der Waals surface area contributed by atoms with Crippen molar-refractivity contribution in [2.24, 2.45) is 28.5 Å². The zero-order chi connectivity index (χ0) is 34.9. The van der Waals surface area contributed by atoms with Crippen molar-refractivity contribution in [2.45, 2.75) is 117 Å². The number of hydrazine groups is 1. The molecule has 4 N–H and O–H groups in total. The topological polar surface area (TPSA) is 87.0 Å². The number of rotatable bonds is 11. The molecule has 0 atom stereocenters. The fourth-order valence-electron chi connectivity index (χ4n) is 5.85. The maximum atomic E-state index is 13.7. The Morgan fingerprint density at radius 1 is 0.915 bits per heavy atom. The predicted molar refractivity (Wildman–Crippen MR) is 173 cm³/mol. The van der Waals surface area contributed by atoms with Gasteiger partial charge in [-0.2, -0.15) is 26.3 Å². The molecule has 2 aromatic rings. The van der Waals surface area contributed by atoms with E-state index in [9.17, 15) is 26.3 Å². The highest BCUT2D eigenvalue weighted by atomic mass is 19.4. The van der Waals surface area contributed by atoms with Crippen molar-refractivity contribution in [2.75, 3.05) is 18.0 Å². The molecule has 0 saturated heterocycles. The van der Waals surface area contributed by atoms with Crippen LogP contribution in [0.25, 0.3) is 0 Å². The zero-order valence-electron chi connectivity index (χ0n) is 28.3. The third-order valence-corrected chi connectivity index (χ3v) is 8.92. The largest absolute Gasteiger partial charge is 0.416 e. The third kappa shape index (κ3) is 9.45. The van der Waals surface area contributed by atoms with Crippen LogP contribution in [0.5, 0.6) is 0 Å². The van der Waals surface area contributed by atoms with Gasteiger partial charge in [0.25, 0.3) is 0 Å². The molecule has 2 fully saturated rings. The summed E-state index contributed by atoms with van der Waals surface area (Å²) in [6.07, 6.45) is -3.59. The molecule has 0 spiro atoms. The zero-order valence-corrected chi connectivity index (χ0v) is 28.3. The monoisotopic (exact) mass is 669 g/mol. The lowest BCUT2D eigenvalue weighted by atomic mass is 9.90. The van der Waals surface area contributed by atoms with E-state index >= 15 is 0 Å². The number of aryl methyl sites for hydroxylation is 1. The summed E-state index contributed by atoms with van der Waals surface area (Å²) in [5.74, 6) is 7.85. The van der Waals surface area contributed by atoms with Gasteiger partial charge in [-0.15, -0.1) is 5.10 Å². The van der Waals surface area contributed by atoms with Crippen molar-refractivity contribution >= 4 is 11.8 Å². The van der Waals surface area contributed by atoms with Gasteiger partial charge in [0.05, 0.1) is 22.9 Å². The number of benzene rings is 1. The van der Waals surface area contributed by atoms with Crippen LogP contribution < -0.4 is 16.5 Å². The van der Waals surface area contributed by atoms with Gasteiger partial charge in [-0.05, 0) is 99.6 Å². The minimum absolute atomic E-state index is 0.0702. The van der Waals surface area contributed by atoms with Gasteiger partial charge < -0.3 is 15.5 Å². The van der Waals surface area contributed by atoms with Crippen LogP contribution in [0.1, 0.15) is 107 Å². The number of hydrogen-bond donors (Lipinski definition) is 2. The van der Waals surface area contributed by atoms with E-state index in [0.717, 1.165) is 91.5 Å². The van der Waals surface area contributed by atoms with Gasteiger partial charge >= 0.3 is 12.4 Å². The van der Waals surface area contributed by atoms with Crippen molar-refractivity contribution in [3.8, 4) is 0 Å². The SMILES string of the molecule is CC.CC(C)N(N)/N=C(\N)N(Cc1cc(C(F)(F)F)cc(C(F)(F)F)c1)Cc1cc2c(nc1N(CC1CC1)CC1CC1)C(C)(C)CC2. The smallest absolute Gasteiger partial charge is 0.368 e. The third-order valence-electron chi connectivity index (χ3n) is 8.92. The lowest BCUT2D eigenvalue weighted by Crippen LogP contribution is -2.42. The summed E-state index contributed by atoms with van der Waals surface area (Å²) in [6, 6.07) is 3.42. The number of hydrazone groups is 1. The number of pyridine rings is 1. The second-order valence-electron chi connectivity index (χ2n) is 13.9. The van der Waals surface area contributed by atoms with Crippen molar-refractivity contribution in [3.63, 3.8) is 0 Å². The van der Waals surface area contributed by atoms with Gasteiger partial charge in [0, 0.05) is 37.2 Å². The van der Waals surface area contributed by atoms with Crippen LogP contribution in [-0.4, -0.2) is 40.1 Å². The Labute approximate surface area is 274 Å². The predicted octanol–water partition coefficient (Wildman–Crippen LogP) is 7.81. The molecule has 7 nitrogen and oxygen atoms in total. The second kappa shape index (κ2) is 14.1. The molecule has 3 aliphatic rings. The van der Waals surface area contributed by atoms with E-state index in [0.29, 0.717) is 11.8 Å². The van der Waals surface area contributed by atoms with Gasteiger partial charge in [-0.25, -0.2) is 15.9 Å². The Bertz CT molecular complexity index is 1360. The van der Waals surface area contributed by atoms with Crippen molar-refractivity contribution in [1.82, 2.24) is 15.0 Å². The molecule has 1 heterocycles. The number of anilines is 1. The van der Waals surface area contributed by atoms with Crippen molar-refractivity contribution in [1.29, 1.82) is 0 Å². The van der Waals surface area contributed by atoms with Crippen molar-refractivity contribution in [3.05, 3.63) is 57.8 Å². The number of alkyl halides is 6. The highest BCUT2D eigenvalue weighted by molar-refractivity contribution is 5.78. The van der Waals surface area contributed by atoms with E-state index in [1.807, 2.05) is 13.8 Å². The normalized spacial score (nSPS) is 17.7. The van der Waals surface area contributed by atoms with Crippen LogP contribution in [-0.2, 0) is 37.3 Å². The first kappa shape index (κ1) is 36.6. The van der Waals surface area contributed by atoms with Gasteiger partial charge in [0.15, 0.2) is 0 Å². The lowest BCUT2D eigenvalue weighted by Gasteiger charge is -2.32. The Morgan fingerprint density at radius 2 is 1.45 bits per heavy atom. The molecule has 13 heteroatoms. The Balaban J connectivity index is 0.00000245. The standard InChI is InChI=1S/C32H43F6N7.C2H6/c1-19(2)45(40)42-29(39)44(17-22-11-25(31(33,34)35)14-26(12-22)32(36,37)38)18-24-13-23-9-10-30(3,4)27(23)41-28(24)43(15-20-5-6-20)16-21-7-8-21;1-2/h11-14,19-21H,5-10,15-18,40H2,1-4H3,(H2,39,42);1-2H3. The van der Waals surface area contributed by atoms with Crippen LogP contribution in [0.4, 0.5) is 32.2 Å². The number of nitrogens with zero attached hydrogens (tertiary/aromatic N) is 5. The number of aromatic nitrogens is 1. The molecular weight excluding hydrogens is 620 g/mol. The van der Waals surface area contributed by atoms with E-state index in [1.54, 1.807) is 13.8 Å².